The van der Waals surface area contributed by atoms with Gasteiger partial charge in [0, 0.05) is 5.56 Å². The largest absolute Gasteiger partial charge is 0.497 e. The van der Waals surface area contributed by atoms with E-state index in [0.717, 1.165) is 17.0 Å². The maximum Gasteiger partial charge on any atom is 0.174 e. The van der Waals surface area contributed by atoms with E-state index in [1.54, 1.807) is 19.2 Å². The first-order valence-electron chi connectivity index (χ1n) is 9.77. The normalized spacial score (nSPS) is 19.3. The van der Waals surface area contributed by atoms with Crippen LogP contribution in [0.5, 0.6) is 5.75 Å². The third-order valence-corrected chi connectivity index (χ3v) is 5.37. The molecular formula is C24H25ClN2O3. The lowest BCUT2D eigenvalue weighted by atomic mass is 9.75. The smallest absolute Gasteiger partial charge is 0.174 e. The van der Waals surface area contributed by atoms with Gasteiger partial charge < -0.3 is 9.47 Å². The number of carbonyl (C=O) groups excluding carboxylic acids is 1. The lowest BCUT2D eigenvalue weighted by Gasteiger charge is -2.30. The molecule has 0 radical (unpaired) electrons. The molecule has 1 aromatic heterocycles. The number of methoxy groups -OCH3 is 1. The molecule has 2 atom stereocenters. The number of ketones is 1. The quantitative estimate of drug-likeness (QED) is 0.257. The average Bonchev–Trinajstić information content (AvgIpc) is 2.74. The Morgan fingerprint density at radius 3 is 2.67 bits per heavy atom. The predicted molar refractivity (Wildman–Crippen MR) is 119 cm³/mol. The highest BCUT2D eigenvalue weighted by molar-refractivity contribution is 6.29. The number of allylic oxidation sites excluding steroid dienone is 3. The van der Waals surface area contributed by atoms with E-state index in [2.05, 4.69) is 16.7 Å². The van der Waals surface area contributed by atoms with E-state index in [9.17, 15) is 4.79 Å². The number of rotatable bonds is 7. The Hall–Kier alpha value is -2.92. The molecule has 1 heterocycles. The van der Waals surface area contributed by atoms with Crippen molar-refractivity contribution in [3.8, 4) is 5.75 Å². The summed E-state index contributed by atoms with van der Waals surface area (Å²) < 4.78 is 11.3. The molecule has 0 saturated carbocycles. The minimum atomic E-state index is -0.458. The molecule has 2 aromatic rings. The standard InChI is InChI=1S/C24H25ClN2O3/c1-5-6-20(30-14-16-7-9-17(29-4)10-8-16)23(26-3)22-15(2)13-19-18(24(22)28)11-12-21(25)27-19/h5-12,15,22H,3,13-14H2,1-2,4H3/b6-5-,23-20+. The van der Waals surface area contributed by atoms with Gasteiger partial charge >= 0.3 is 0 Å². The Kier molecular flexibility index (Phi) is 7.06. The van der Waals surface area contributed by atoms with Gasteiger partial charge in [0.25, 0.3) is 0 Å². The first-order valence-corrected chi connectivity index (χ1v) is 10.1. The molecule has 1 aliphatic rings. The van der Waals surface area contributed by atoms with Crippen molar-refractivity contribution in [2.24, 2.45) is 16.8 Å². The van der Waals surface area contributed by atoms with Gasteiger partial charge in [-0.3, -0.25) is 9.79 Å². The Morgan fingerprint density at radius 1 is 1.30 bits per heavy atom. The first kappa shape index (κ1) is 21.8. The number of hydrogen-bond acceptors (Lipinski definition) is 5. The summed E-state index contributed by atoms with van der Waals surface area (Å²) in [5.74, 6) is 0.816. The van der Waals surface area contributed by atoms with Crippen molar-refractivity contribution in [3.63, 3.8) is 0 Å². The summed E-state index contributed by atoms with van der Waals surface area (Å²) in [7, 11) is 1.63. The van der Waals surface area contributed by atoms with Crippen LogP contribution < -0.4 is 4.74 Å². The zero-order valence-corrected chi connectivity index (χ0v) is 18.1. The van der Waals surface area contributed by atoms with Crippen molar-refractivity contribution < 1.29 is 14.3 Å². The van der Waals surface area contributed by atoms with E-state index in [0.29, 0.717) is 35.2 Å². The fourth-order valence-corrected chi connectivity index (χ4v) is 3.83. The third kappa shape index (κ3) is 4.62. The summed E-state index contributed by atoms with van der Waals surface area (Å²) in [6.45, 7) is 7.97. The van der Waals surface area contributed by atoms with Crippen LogP contribution in [-0.2, 0) is 17.8 Å². The number of nitrogens with zero attached hydrogens (tertiary/aromatic N) is 2. The van der Waals surface area contributed by atoms with Crippen molar-refractivity contribution in [1.82, 2.24) is 4.98 Å². The van der Waals surface area contributed by atoms with E-state index in [4.69, 9.17) is 21.1 Å². The second-order valence-electron chi connectivity index (χ2n) is 7.20. The highest BCUT2D eigenvalue weighted by atomic mass is 35.5. The van der Waals surface area contributed by atoms with E-state index in [1.807, 2.05) is 50.3 Å². The SMILES string of the molecule is C=N/C(=C(\C=C/C)OCc1ccc(OC)cc1)C1C(=O)c2ccc(Cl)nc2CC1C. The Balaban J connectivity index is 1.92. The maximum absolute atomic E-state index is 13.3. The van der Waals surface area contributed by atoms with E-state index >= 15 is 0 Å². The summed E-state index contributed by atoms with van der Waals surface area (Å²) in [6.07, 6.45) is 4.32. The highest BCUT2D eigenvalue weighted by Gasteiger charge is 2.37. The fourth-order valence-electron chi connectivity index (χ4n) is 3.67. The summed E-state index contributed by atoms with van der Waals surface area (Å²) in [5, 5.41) is 0.391. The molecule has 0 bridgehead atoms. The minimum Gasteiger partial charge on any atom is -0.497 e. The molecule has 5 nitrogen and oxygen atoms in total. The summed E-state index contributed by atoms with van der Waals surface area (Å²) in [4.78, 5) is 21.9. The van der Waals surface area contributed by atoms with Crippen LogP contribution in [-0.4, -0.2) is 24.6 Å². The van der Waals surface area contributed by atoms with Gasteiger partial charge in [0.1, 0.15) is 23.3 Å². The van der Waals surface area contributed by atoms with Crippen LogP contribution in [0.25, 0.3) is 0 Å². The van der Waals surface area contributed by atoms with Crippen molar-refractivity contribution >= 4 is 24.1 Å². The predicted octanol–water partition coefficient (Wildman–Crippen LogP) is 5.44. The molecule has 0 fully saturated rings. The average molecular weight is 425 g/mol. The monoisotopic (exact) mass is 424 g/mol. The molecule has 0 N–H and O–H groups in total. The van der Waals surface area contributed by atoms with Gasteiger partial charge in [0.2, 0.25) is 0 Å². The van der Waals surface area contributed by atoms with Crippen molar-refractivity contribution in [3.05, 3.63) is 82.0 Å². The maximum atomic E-state index is 13.3. The Morgan fingerprint density at radius 2 is 2.03 bits per heavy atom. The van der Waals surface area contributed by atoms with E-state index in [1.165, 1.54) is 0 Å². The molecule has 1 aromatic carbocycles. The van der Waals surface area contributed by atoms with Crippen molar-refractivity contribution in [1.29, 1.82) is 0 Å². The van der Waals surface area contributed by atoms with Crippen LogP contribution in [0.3, 0.4) is 0 Å². The third-order valence-electron chi connectivity index (χ3n) is 5.16. The second kappa shape index (κ2) is 9.72. The number of benzene rings is 1. The number of aromatic nitrogens is 1. The number of pyridine rings is 1. The summed E-state index contributed by atoms with van der Waals surface area (Å²) in [5.41, 5.74) is 2.83. The molecular weight excluding hydrogens is 400 g/mol. The molecule has 0 saturated heterocycles. The van der Waals surface area contributed by atoms with Gasteiger partial charge in [0.05, 0.1) is 24.4 Å². The minimum absolute atomic E-state index is 0.0127. The zero-order valence-electron chi connectivity index (χ0n) is 17.4. The number of Topliss-reactive ketones (excluding diaryl/α,β-unsaturated/α-hetero) is 1. The van der Waals surface area contributed by atoms with Gasteiger partial charge in [-0.1, -0.05) is 36.7 Å². The number of aliphatic imine (C=N–C) groups is 1. The number of halogens is 1. The Labute approximate surface area is 182 Å². The van der Waals surface area contributed by atoms with Crippen molar-refractivity contribution in [2.75, 3.05) is 7.11 Å². The Bertz CT molecular complexity index is 996. The van der Waals surface area contributed by atoms with Crippen LogP contribution in [0.1, 0.15) is 35.5 Å². The molecule has 1 aliphatic carbocycles. The zero-order chi connectivity index (χ0) is 21.7. The van der Waals surface area contributed by atoms with Crippen LogP contribution in [0.2, 0.25) is 5.15 Å². The number of hydrogen-bond donors (Lipinski definition) is 0. The fraction of sp³-hybridized carbons (Fsp3) is 0.292. The van der Waals surface area contributed by atoms with E-state index < -0.39 is 5.92 Å². The van der Waals surface area contributed by atoms with Gasteiger partial charge in [-0.25, -0.2) is 4.98 Å². The van der Waals surface area contributed by atoms with Crippen LogP contribution in [0.15, 0.2) is 65.0 Å². The molecule has 30 heavy (non-hydrogen) atoms. The number of ether oxygens (including phenoxy) is 2. The van der Waals surface area contributed by atoms with Gasteiger partial charge in [-0.05, 0) is 61.9 Å². The number of carbonyl (C=O) groups is 1. The number of fused-ring (bicyclic) bond motifs is 1. The van der Waals surface area contributed by atoms with Gasteiger partial charge in [0.15, 0.2) is 5.78 Å². The molecule has 2 unspecified atom stereocenters. The van der Waals surface area contributed by atoms with Gasteiger partial charge in [-0.15, -0.1) is 0 Å². The molecule has 0 spiro atoms. The second-order valence-corrected chi connectivity index (χ2v) is 7.58. The first-order chi connectivity index (χ1) is 14.5. The molecule has 3 rings (SSSR count). The molecule has 156 valence electrons. The molecule has 0 amide bonds. The molecule has 6 heteroatoms. The van der Waals surface area contributed by atoms with Crippen LogP contribution in [0, 0.1) is 11.8 Å². The summed E-state index contributed by atoms with van der Waals surface area (Å²) in [6, 6.07) is 11.0. The topological polar surface area (TPSA) is 60.8 Å². The van der Waals surface area contributed by atoms with E-state index in [-0.39, 0.29) is 11.7 Å². The van der Waals surface area contributed by atoms with Gasteiger partial charge in [-0.2, -0.15) is 0 Å². The van der Waals surface area contributed by atoms with Crippen molar-refractivity contribution in [2.45, 2.75) is 26.9 Å². The summed E-state index contributed by atoms with van der Waals surface area (Å²) >= 11 is 6.01. The lowest BCUT2D eigenvalue weighted by Crippen LogP contribution is -2.32. The lowest BCUT2D eigenvalue weighted by molar-refractivity contribution is 0.0880. The molecule has 0 aliphatic heterocycles. The highest BCUT2D eigenvalue weighted by Crippen LogP contribution is 2.36. The van der Waals surface area contributed by atoms with Crippen LogP contribution in [0.4, 0.5) is 0 Å². The van der Waals surface area contributed by atoms with Crippen LogP contribution >= 0.6 is 11.6 Å².